The normalized spacial score (nSPS) is 17.7. The number of hydrogen-bond donors (Lipinski definition) is 1. The molecule has 0 radical (unpaired) electrons. The molecule has 2 aromatic heterocycles. The van der Waals surface area contributed by atoms with E-state index in [4.69, 9.17) is 0 Å². The Hall–Kier alpha value is -1.46. The summed E-state index contributed by atoms with van der Waals surface area (Å²) < 4.78 is 1.85. The third kappa shape index (κ3) is 2.75. The average Bonchev–Trinajstić information content (AvgIpc) is 3.06. The summed E-state index contributed by atoms with van der Waals surface area (Å²) in [7, 11) is 6.36. The van der Waals surface area contributed by atoms with E-state index in [-0.39, 0.29) is 0 Å². The van der Waals surface area contributed by atoms with Gasteiger partial charge in [0.15, 0.2) is 5.65 Å². The van der Waals surface area contributed by atoms with E-state index >= 15 is 0 Å². The summed E-state index contributed by atoms with van der Waals surface area (Å²) in [6.45, 7) is 3.96. The van der Waals surface area contributed by atoms with Gasteiger partial charge in [0.25, 0.3) is 0 Å². The van der Waals surface area contributed by atoms with Gasteiger partial charge in [0.2, 0.25) is 0 Å². The fourth-order valence-corrected chi connectivity index (χ4v) is 3.70. The Morgan fingerprint density at radius 2 is 2.05 bits per heavy atom. The van der Waals surface area contributed by atoms with Gasteiger partial charge in [-0.3, -0.25) is 4.68 Å². The largest absolute Gasteiger partial charge is 0.311 e. The molecule has 1 fully saturated rings. The van der Waals surface area contributed by atoms with Crippen molar-refractivity contribution in [2.45, 2.75) is 44.7 Å². The molecule has 2 aromatic rings. The predicted octanol–water partition coefficient (Wildman–Crippen LogP) is 2.24. The van der Waals surface area contributed by atoms with E-state index in [1.165, 1.54) is 31.2 Å². The van der Waals surface area contributed by atoms with Crippen molar-refractivity contribution in [2.75, 3.05) is 20.6 Å². The zero-order chi connectivity index (χ0) is 15.7. The second-order valence-electron chi connectivity index (χ2n) is 6.85. The molecule has 5 nitrogen and oxygen atoms in total. The summed E-state index contributed by atoms with van der Waals surface area (Å²) in [5, 5.41) is 9.24. The summed E-state index contributed by atoms with van der Waals surface area (Å²) in [5.41, 5.74) is 3.58. The molecule has 0 aliphatic heterocycles. The molecule has 120 valence electrons. The molecule has 0 aromatic carbocycles. The first-order valence-corrected chi connectivity index (χ1v) is 8.18. The molecular formula is C17H27N5. The van der Waals surface area contributed by atoms with Crippen LogP contribution in [0.4, 0.5) is 0 Å². The molecule has 1 saturated carbocycles. The van der Waals surface area contributed by atoms with Gasteiger partial charge in [-0.15, -0.1) is 0 Å². The summed E-state index contributed by atoms with van der Waals surface area (Å²) in [6, 6.07) is 2.22. The average molecular weight is 301 g/mol. The van der Waals surface area contributed by atoms with Crippen LogP contribution in [0.5, 0.6) is 0 Å². The van der Waals surface area contributed by atoms with Crippen molar-refractivity contribution in [3.05, 3.63) is 23.5 Å². The number of rotatable bonds is 5. The Labute approximate surface area is 132 Å². The lowest BCUT2D eigenvalue weighted by Crippen LogP contribution is -2.49. The van der Waals surface area contributed by atoms with Crippen molar-refractivity contribution in [3.8, 4) is 0 Å². The van der Waals surface area contributed by atoms with Crippen LogP contribution in [-0.2, 0) is 13.6 Å². The second-order valence-corrected chi connectivity index (χ2v) is 6.85. The Bertz CT molecular complexity index is 652. The van der Waals surface area contributed by atoms with Crippen molar-refractivity contribution in [1.82, 2.24) is 25.0 Å². The summed E-state index contributed by atoms with van der Waals surface area (Å²) in [4.78, 5) is 6.96. The van der Waals surface area contributed by atoms with Crippen LogP contribution in [-0.4, -0.2) is 45.8 Å². The van der Waals surface area contributed by atoms with E-state index in [9.17, 15) is 0 Å². The van der Waals surface area contributed by atoms with Crippen LogP contribution < -0.4 is 5.32 Å². The van der Waals surface area contributed by atoms with Crippen LogP contribution in [0.2, 0.25) is 0 Å². The lowest BCUT2D eigenvalue weighted by Gasteiger charge is -2.36. The van der Waals surface area contributed by atoms with Crippen LogP contribution in [0.25, 0.3) is 11.0 Å². The molecule has 0 saturated heterocycles. The number of aryl methyl sites for hydroxylation is 2. The van der Waals surface area contributed by atoms with Crippen molar-refractivity contribution in [3.63, 3.8) is 0 Å². The minimum Gasteiger partial charge on any atom is -0.311 e. The Morgan fingerprint density at radius 1 is 1.32 bits per heavy atom. The fraction of sp³-hybridized carbons (Fsp3) is 0.647. The Balaban J connectivity index is 1.68. The summed E-state index contributed by atoms with van der Waals surface area (Å²) in [6.07, 6.45) is 7.26. The van der Waals surface area contributed by atoms with E-state index in [1.807, 2.05) is 24.9 Å². The van der Waals surface area contributed by atoms with Crippen LogP contribution in [0.15, 0.2) is 12.3 Å². The zero-order valence-electron chi connectivity index (χ0n) is 14.2. The molecule has 1 N–H and O–H groups in total. The van der Waals surface area contributed by atoms with Gasteiger partial charge in [-0.05, 0) is 45.5 Å². The molecule has 5 heteroatoms. The van der Waals surface area contributed by atoms with Crippen LogP contribution >= 0.6 is 0 Å². The SMILES string of the molecule is Cc1nn(C)c2ncc(CNCC3(N(C)C)CCCC3)cc12. The molecule has 0 amide bonds. The topological polar surface area (TPSA) is 46.0 Å². The lowest BCUT2D eigenvalue weighted by molar-refractivity contribution is 0.153. The van der Waals surface area contributed by atoms with Crippen molar-refractivity contribution in [1.29, 1.82) is 0 Å². The molecule has 1 aliphatic rings. The smallest absolute Gasteiger partial charge is 0.157 e. The molecule has 0 spiro atoms. The standard InChI is InChI=1S/C17H27N5/c1-13-15-9-14(11-19-16(15)22(4)20-13)10-18-12-17(21(2)3)7-5-6-8-17/h9,11,18H,5-8,10,12H2,1-4H3. The minimum atomic E-state index is 0.335. The zero-order valence-corrected chi connectivity index (χ0v) is 14.2. The van der Waals surface area contributed by atoms with E-state index in [0.29, 0.717) is 5.54 Å². The van der Waals surface area contributed by atoms with E-state index in [1.54, 1.807) is 0 Å². The number of fused-ring (bicyclic) bond motifs is 1. The van der Waals surface area contributed by atoms with Gasteiger partial charge in [-0.1, -0.05) is 12.8 Å². The maximum atomic E-state index is 4.55. The first kappa shape index (κ1) is 15.4. The van der Waals surface area contributed by atoms with Crippen molar-refractivity contribution < 1.29 is 0 Å². The third-order valence-corrected chi connectivity index (χ3v) is 5.19. The van der Waals surface area contributed by atoms with E-state index in [0.717, 1.165) is 29.8 Å². The highest BCUT2D eigenvalue weighted by atomic mass is 15.3. The number of hydrogen-bond acceptors (Lipinski definition) is 4. The summed E-state index contributed by atoms with van der Waals surface area (Å²) in [5.74, 6) is 0. The highest BCUT2D eigenvalue weighted by molar-refractivity contribution is 5.78. The Morgan fingerprint density at radius 3 is 2.73 bits per heavy atom. The van der Waals surface area contributed by atoms with Crippen molar-refractivity contribution >= 4 is 11.0 Å². The lowest BCUT2D eigenvalue weighted by atomic mass is 9.96. The number of pyridine rings is 1. The van der Waals surface area contributed by atoms with Gasteiger partial charge < -0.3 is 10.2 Å². The molecule has 1 aliphatic carbocycles. The van der Waals surface area contributed by atoms with Gasteiger partial charge in [-0.2, -0.15) is 5.10 Å². The maximum absolute atomic E-state index is 4.55. The number of nitrogens with zero attached hydrogens (tertiary/aromatic N) is 4. The number of nitrogens with one attached hydrogen (secondary N) is 1. The quantitative estimate of drug-likeness (QED) is 0.920. The highest BCUT2D eigenvalue weighted by Gasteiger charge is 2.35. The predicted molar refractivity (Wildman–Crippen MR) is 89.8 cm³/mol. The van der Waals surface area contributed by atoms with Gasteiger partial charge in [0, 0.05) is 37.3 Å². The van der Waals surface area contributed by atoms with E-state index in [2.05, 4.69) is 40.5 Å². The number of aromatic nitrogens is 3. The van der Waals surface area contributed by atoms with E-state index < -0.39 is 0 Å². The molecular weight excluding hydrogens is 274 g/mol. The van der Waals surface area contributed by atoms with Gasteiger partial charge in [0.05, 0.1) is 5.69 Å². The van der Waals surface area contributed by atoms with Gasteiger partial charge >= 0.3 is 0 Å². The Kier molecular flexibility index (Phi) is 4.19. The number of likely N-dealkylation sites (N-methyl/N-ethyl adjacent to an activating group) is 1. The molecule has 22 heavy (non-hydrogen) atoms. The highest BCUT2D eigenvalue weighted by Crippen LogP contribution is 2.33. The van der Waals surface area contributed by atoms with Gasteiger partial charge in [-0.25, -0.2) is 4.98 Å². The fourth-order valence-electron chi connectivity index (χ4n) is 3.70. The maximum Gasteiger partial charge on any atom is 0.157 e. The monoisotopic (exact) mass is 301 g/mol. The molecule has 2 heterocycles. The van der Waals surface area contributed by atoms with Gasteiger partial charge in [0.1, 0.15) is 0 Å². The van der Waals surface area contributed by atoms with Crippen molar-refractivity contribution in [2.24, 2.45) is 7.05 Å². The minimum absolute atomic E-state index is 0.335. The molecule has 0 unspecified atom stereocenters. The second kappa shape index (κ2) is 5.97. The first-order valence-electron chi connectivity index (χ1n) is 8.18. The summed E-state index contributed by atoms with van der Waals surface area (Å²) >= 11 is 0. The molecule has 0 bridgehead atoms. The molecule has 3 rings (SSSR count). The van der Waals surface area contributed by atoms with Crippen LogP contribution in [0, 0.1) is 6.92 Å². The van der Waals surface area contributed by atoms with Crippen LogP contribution in [0.1, 0.15) is 36.9 Å². The first-order chi connectivity index (χ1) is 10.5. The molecule has 0 atom stereocenters. The third-order valence-electron chi connectivity index (χ3n) is 5.19. The van der Waals surface area contributed by atoms with Crippen LogP contribution in [0.3, 0.4) is 0 Å².